The summed E-state index contributed by atoms with van der Waals surface area (Å²) < 4.78 is 15.3. The summed E-state index contributed by atoms with van der Waals surface area (Å²) in [7, 11) is 0. The van der Waals surface area contributed by atoms with E-state index in [1.165, 1.54) is 6.07 Å². The minimum absolute atomic E-state index is 0.329. The first-order valence-corrected chi connectivity index (χ1v) is 5.11. The maximum absolute atomic E-state index is 13.7. The van der Waals surface area contributed by atoms with E-state index in [0.29, 0.717) is 22.7 Å². The first-order chi connectivity index (χ1) is 8.27. The lowest BCUT2D eigenvalue weighted by molar-refractivity contribution is 0.629. The van der Waals surface area contributed by atoms with Crippen LogP contribution in [0.3, 0.4) is 0 Å². The molecule has 0 spiro atoms. The molecule has 2 N–H and O–H groups in total. The van der Waals surface area contributed by atoms with Gasteiger partial charge in [0.15, 0.2) is 11.5 Å². The van der Waals surface area contributed by atoms with Gasteiger partial charge < -0.3 is 5.73 Å². The Morgan fingerprint density at radius 1 is 1.06 bits per heavy atom. The number of aromatic nitrogens is 3. The van der Waals surface area contributed by atoms with E-state index in [9.17, 15) is 4.39 Å². The second-order valence-electron chi connectivity index (χ2n) is 3.66. The Balaban J connectivity index is 2.33. The Morgan fingerprint density at radius 3 is 2.71 bits per heavy atom. The summed E-state index contributed by atoms with van der Waals surface area (Å²) in [4.78, 5) is 0. The molecule has 0 unspecified atom stereocenters. The number of nitrogens with zero attached hydrogens (tertiary/aromatic N) is 3. The molecule has 2 aromatic heterocycles. The molecule has 0 bridgehead atoms. The van der Waals surface area contributed by atoms with E-state index >= 15 is 0 Å². The van der Waals surface area contributed by atoms with E-state index in [1.54, 1.807) is 40.9 Å². The first-order valence-electron chi connectivity index (χ1n) is 5.11. The minimum Gasteiger partial charge on any atom is -0.396 e. The molecule has 0 aliphatic rings. The molecule has 2 heterocycles. The standard InChI is InChI=1S/C12H9FN4/c13-9-5-2-1-4-8(9)11-15-16-12-10(14)6-3-7-17(11)12/h1-7H,14H2. The Kier molecular flexibility index (Phi) is 2.04. The molecule has 0 saturated carbocycles. The number of benzene rings is 1. The molecule has 1 aromatic carbocycles. The predicted octanol–water partition coefficient (Wildman–Crippen LogP) is 2.12. The highest BCUT2D eigenvalue weighted by molar-refractivity contribution is 5.69. The highest BCUT2D eigenvalue weighted by Crippen LogP contribution is 2.22. The second kappa shape index (κ2) is 3.55. The van der Waals surface area contributed by atoms with Crippen molar-refractivity contribution in [1.29, 1.82) is 0 Å². The van der Waals surface area contributed by atoms with Gasteiger partial charge in [-0.1, -0.05) is 12.1 Å². The number of hydrogen-bond acceptors (Lipinski definition) is 3. The van der Waals surface area contributed by atoms with Crippen molar-refractivity contribution >= 4 is 11.3 Å². The maximum Gasteiger partial charge on any atom is 0.184 e. The van der Waals surface area contributed by atoms with Crippen LogP contribution in [-0.2, 0) is 0 Å². The number of fused-ring (bicyclic) bond motifs is 1. The lowest BCUT2D eigenvalue weighted by Gasteiger charge is -2.01. The topological polar surface area (TPSA) is 56.2 Å². The third-order valence-corrected chi connectivity index (χ3v) is 2.58. The summed E-state index contributed by atoms with van der Waals surface area (Å²) in [6.45, 7) is 0. The fourth-order valence-electron chi connectivity index (χ4n) is 1.76. The smallest absolute Gasteiger partial charge is 0.184 e. The zero-order valence-corrected chi connectivity index (χ0v) is 8.84. The molecule has 0 radical (unpaired) electrons. The molecule has 4 nitrogen and oxygen atoms in total. The van der Waals surface area contributed by atoms with Crippen molar-refractivity contribution in [3.05, 3.63) is 48.4 Å². The van der Waals surface area contributed by atoms with Gasteiger partial charge in [0, 0.05) is 6.20 Å². The van der Waals surface area contributed by atoms with Crippen molar-refractivity contribution < 1.29 is 4.39 Å². The Morgan fingerprint density at radius 2 is 1.88 bits per heavy atom. The summed E-state index contributed by atoms with van der Waals surface area (Å²) in [5, 5.41) is 7.94. The second-order valence-corrected chi connectivity index (χ2v) is 3.66. The number of anilines is 1. The van der Waals surface area contributed by atoms with Crippen LogP contribution < -0.4 is 5.73 Å². The van der Waals surface area contributed by atoms with Gasteiger partial charge in [-0.05, 0) is 24.3 Å². The van der Waals surface area contributed by atoms with Gasteiger partial charge in [0.25, 0.3) is 0 Å². The SMILES string of the molecule is Nc1cccn2c(-c3ccccc3F)nnc12. The fourth-order valence-corrected chi connectivity index (χ4v) is 1.76. The van der Waals surface area contributed by atoms with Crippen molar-refractivity contribution in [3.63, 3.8) is 0 Å². The number of nitrogens with two attached hydrogens (primary N) is 1. The van der Waals surface area contributed by atoms with Crippen molar-refractivity contribution in [2.45, 2.75) is 0 Å². The van der Waals surface area contributed by atoms with Crippen LogP contribution >= 0.6 is 0 Å². The van der Waals surface area contributed by atoms with Crippen LogP contribution in [0.4, 0.5) is 10.1 Å². The lowest BCUT2D eigenvalue weighted by atomic mass is 10.2. The minimum atomic E-state index is -0.329. The fraction of sp³-hybridized carbons (Fsp3) is 0. The predicted molar refractivity (Wildman–Crippen MR) is 62.8 cm³/mol. The van der Waals surface area contributed by atoms with Gasteiger partial charge in [0.1, 0.15) is 5.82 Å². The molecule has 3 rings (SSSR count). The Hall–Kier alpha value is -2.43. The summed E-state index contributed by atoms with van der Waals surface area (Å²) in [6.07, 6.45) is 1.76. The van der Waals surface area contributed by atoms with Gasteiger partial charge in [0.05, 0.1) is 11.3 Å². The van der Waals surface area contributed by atoms with E-state index in [4.69, 9.17) is 5.73 Å². The first kappa shape index (κ1) is 9.77. The third-order valence-electron chi connectivity index (χ3n) is 2.58. The number of hydrogen-bond donors (Lipinski definition) is 1. The van der Waals surface area contributed by atoms with Gasteiger partial charge >= 0.3 is 0 Å². The van der Waals surface area contributed by atoms with Crippen LogP contribution in [0.5, 0.6) is 0 Å². The molecule has 84 valence electrons. The molecule has 17 heavy (non-hydrogen) atoms. The molecule has 0 fully saturated rings. The molecule has 0 aliphatic carbocycles. The average Bonchev–Trinajstić information content (AvgIpc) is 2.75. The van der Waals surface area contributed by atoms with Crippen molar-refractivity contribution in [1.82, 2.24) is 14.6 Å². The summed E-state index contributed by atoms with van der Waals surface area (Å²) in [5.41, 5.74) is 7.23. The van der Waals surface area contributed by atoms with Crippen LogP contribution in [0.25, 0.3) is 17.0 Å². The average molecular weight is 228 g/mol. The highest BCUT2D eigenvalue weighted by Gasteiger charge is 2.12. The van der Waals surface area contributed by atoms with E-state index in [0.717, 1.165) is 0 Å². The molecule has 5 heteroatoms. The molecule has 0 amide bonds. The normalized spacial score (nSPS) is 10.9. The molecule has 0 saturated heterocycles. The van der Waals surface area contributed by atoms with E-state index < -0.39 is 0 Å². The third kappa shape index (κ3) is 1.44. The van der Waals surface area contributed by atoms with Crippen LogP contribution in [0.1, 0.15) is 0 Å². The Bertz CT molecular complexity index is 690. The van der Waals surface area contributed by atoms with Gasteiger partial charge in [0.2, 0.25) is 0 Å². The zero-order chi connectivity index (χ0) is 11.8. The van der Waals surface area contributed by atoms with Gasteiger partial charge in [-0.25, -0.2) is 4.39 Å². The zero-order valence-electron chi connectivity index (χ0n) is 8.84. The number of nitrogen functional groups attached to an aromatic ring is 1. The molecule has 0 atom stereocenters. The van der Waals surface area contributed by atoms with Crippen molar-refractivity contribution in [3.8, 4) is 11.4 Å². The monoisotopic (exact) mass is 228 g/mol. The molecule has 0 aliphatic heterocycles. The van der Waals surface area contributed by atoms with Crippen LogP contribution in [-0.4, -0.2) is 14.6 Å². The Labute approximate surface area is 96.5 Å². The number of pyridine rings is 1. The summed E-state index contributed by atoms with van der Waals surface area (Å²) in [5.74, 6) is 0.120. The highest BCUT2D eigenvalue weighted by atomic mass is 19.1. The van der Waals surface area contributed by atoms with Gasteiger partial charge in [-0.2, -0.15) is 0 Å². The van der Waals surface area contributed by atoms with Crippen LogP contribution in [0, 0.1) is 5.82 Å². The van der Waals surface area contributed by atoms with Crippen molar-refractivity contribution in [2.24, 2.45) is 0 Å². The van der Waals surface area contributed by atoms with Crippen molar-refractivity contribution in [2.75, 3.05) is 5.73 Å². The molecular weight excluding hydrogens is 219 g/mol. The van der Waals surface area contributed by atoms with Gasteiger partial charge in [-0.15, -0.1) is 10.2 Å². The van der Waals surface area contributed by atoms with E-state index in [-0.39, 0.29) is 5.82 Å². The lowest BCUT2D eigenvalue weighted by Crippen LogP contribution is -1.94. The maximum atomic E-state index is 13.7. The quantitative estimate of drug-likeness (QED) is 0.694. The van der Waals surface area contributed by atoms with Crippen LogP contribution in [0.2, 0.25) is 0 Å². The summed E-state index contributed by atoms with van der Waals surface area (Å²) >= 11 is 0. The van der Waals surface area contributed by atoms with E-state index in [2.05, 4.69) is 10.2 Å². The van der Waals surface area contributed by atoms with Gasteiger partial charge in [-0.3, -0.25) is 4.40 Å². The van der Waals surface area contributed by atoms with Crippen LogP contribution in [0.15, 0.2) is 42.6 Å². The summed E-state index contributed by atoms with van der Waals surface area (Å²) in [6, 6.07) is 9.95. The molecular formula is C12H9FN4. The number of halogens is 1. The molecule has 3 aromatic rings. The number of rotatable bonds is 1. The van der Waals surface area contributed by atoms with E-state index in [1.807, 2.05) is 0 Å². The largest absolute Gasteiger partial charge is 0.396 e.